The molecule has 2 aromatic heterocycles. The Hall–Kier alpha value is -4.29. The summed E-state index contributed by atoms with van der Waals surface area (Å²) in [6, 6.07) is 14.0. The first-order chi connectivity index (χ1) is 19.9. The Balaban J connectivity index is 1.27. The van der Waals surface area contributed by atoms with E-state index in [4.69, 9.17) is 25.2 Å². The van der Waals surface area contributed by atoms with Gasteiger partial charge in [0.25, 0.3) is 5.56 Å². The summed E-state index contributed by atoms with van der Waals surface area (Å²) in [5.41, 5.74) is 7.38. The lowest BCUT2D eigenvalue weighted by Gasteiger charge is -2.39. The van der Waals surface area contributed by atoms with Crippen LogP contribution in [-0.4, -0.2) is 70.9 Å². The molecule has 2 atom stereocenters. The number of aromatic nitrogens is 4. The van der Waals surface area contributed by atoms with E-state index in [2.05, 4.69) is 26.7 Å². The first-order valence-electron chi connectivity index (χ1n) is 13.8. The molecule has 2 aromatic carbocycles. The number of nitrogen functional groups attached to an aromatic ring is 1. The summed E-state index contributed by atoms with van der Waals surface area (Å²) in [6.45, 7) is 5.97. The van der Waals surface area contributed by atoms with Gasteiger partial charge in [-0.15, -0.1) is 0 Å². The van der Waals surface area contributed by atoms with Crippen LogP contribution in [0.4, 0.5) is 22.0 Å². The molecule has 4 heterocycles. The van der Waals surface area contributed by atoms with Crippen LogP contribution in [0.2, 0.25) is 0 Å². The molecule has 2 aliphatic heterocycles. The third-order valence-electron chi connectivity index (χ3n) is 7.80. The Morgan fingerprint density at radius 1 is 1.12 bits per heavy atom. The van der Waals surface area contributed by atoms with Crippen molar-refractivity contribution < 1.29 is 13.9 Å². The van der Waals surface area contributed by atoms with Crippen LogP contribution in [0, 0.1) is 5.82 Å². The number of aromatic amines is 1. The summed E-state index contributed by atoms with van der Waals surface area (Å²) < 4.78 is 25.6. The average Bonchev–Trinajstić information content (AvgIpc) is 3.53. The molecule has 2 aliphatic rings. The van der Waals surface area contributed by atoms with Gasteiger partial charge in [0.1, 0.15) is 23.4 Å². The minimum absolute atomic E-state index is 0.115. The Morgan fingerprint density at radius 3 is 2.63 bits per heavy atom. The topological polar surface area (TPSA) is 126 Å². The van der Waals surface area contributed by atoms with Crippen LogP contribution in [0.1, 0.15) is 31.4 Å². The smallest absolute Gasteiger partial charge is 0.290 e. The first kappa shape index (κ1) is 26.9. The molecule has 0 unspecified atom stereocenters. The highest BCUT2D eigenvalue weighted by molar-refractivity contribution is 5.82. The van der Waals surface area contributed by atoms with Gasteiger partial charge >= 0.3 is 0 Å². The molecule has 6 rings (SSSR count). The highest BCUT2D eigenvalue weighted by Crippen LogP contribution is 2.32. The number of piperazine rings is 1. The number of nitrogens with two attached hydrogens (primary N) is 1. The maximum Gasteiger partial charge on any atom is 0.290 e. The summed E-state index contributed by atoms with van der Waals surface area (Å²) >= 11 is 0. The van der Waals surface area contributed by atoms with Gasteiger partial charge in [0.2, 0.25) is 11.8 Å². The fraction of sp³-hybridized carbons (Fsp3) is 0.379. The van der Waals surface area contributed by atoms with E-state index in [0.717, 1.165) is 50.4 Å². The third-order valence-corrected chi connectivity index (χ3v) is 7.80. The standard InChI is InChI=1S/C29H33FN8O3/c1-18(19-8-10-20(30)11-9-19)37-12-14-38(15-13-37)23-17-24(34-29(33-23)36(2)25-7-4-16-40-25)41-22-6-3-5-21-26(22)35-27(31)28(39)32-21/h3,5-6,8-11,17-18,25H,4,7,12-16H2,1-2H3,(H2,31,35)(H,32,39)/t18-,25+/m1/s1. The maximum absolute atomic E-state index is 13.4. The molecule has 4 aromatic rings. The highest BCUT2D eigenvalue weighted by Gasteiger charge is 2.27. The summed E-state index contributed by atoms with van der Waals surface area (Å²) in [5.74, 6) is 1.63. The monoisotopic (exact) mass is 560 g/mol. The van der Waals surface area contributed by atoms with Crippen LogP contribution in [0.25, 0.3) is 11.0 Å². The summed E-state index contributed by atoms with van der Waals surface area (Å²) in [7, 11) is 1.92. The Labute approximate surface area is 236 Å². The Morgan fingerprint density at radius 2 is 1.90 bits per heavy atom. The molecule has 0 amide bonds. The molecule has 0 spiro atoms. The lowest BCUT2D eigenvalue weighted by Crippen LogP contribution is -2.47. The molecule has 2 fully saturated rings. The van der Waals surface area contributed by atoms with E-state index in [9.17, 15) is 9.18 Å². The van der Waals surface area contributed by atoms with Gasteiger partial charge in [-0.05, 0) is 49.6 Å². The molecular formula is C29H33FN8O3. The van der Waals surface area contributed by atoms with Gasteiger partial charge in [0.05, 0.1) is 5.52 Å². The second-order valence-electron chi connectivity index (χ2n) is 10.4. The van der Waals surface area contributed by atoms with Crippen molar-refractivity contribution in [3.8, 4) is 11.6 Å². The number of anilines is 3. The van der Waals surface area contributed by atoms with Gasteiger partial charge in [-0.1, -0.05) is 18.2 Å². The molecule has 11 nitrogen and oxygen atoms in total. The fourth-order valence-electron chi connectivity index (χ4n) is 5.35. The zero-order valence-electron chi connectivity index (χ0n) is 23.1. The summed E-state index contributed by atoms with van der Waals surface area (Å²) in [6.07, 6.45) is 1.75. The number of hydrogen-bond acceptors (Lipinski definition) is 10. The van der Waals surface area contributed by atoms with Gasteiger partial charge < -0.3 is 30.0 Å². The van der Waals surface area contributed by atoms with Crippen LogP contribution in [0.3, 0.4) is 0 Å². The predicted molar refractivity (Wildman–Crippen MR) is 155 cm³/mol. The van der Waals surface area contributed by atoms with Crippen LogP contribution in [-0.2, 0) is 4.74 Å². The molecule has 41 heavy (non-hydrogen) atoms. The number of fused-ring (bicyclic) bond motifs is 1. The Bertz CT molecular complexity index is 1580. The van der Waals surface area contributed by atoms with Crippen molar-refractivity contribution in [1.29, 1.82) is 0 Å². The van der Waals surface area contributed by atoms with Crippen LogP contribution in [0.15, 0.2) is 53.3 Å². The SMILES string of the molecule is C[C@H](c1ccc(F)cc1)N1CCN(c2cc(Oc3cccc4[nH]c(=O)c(N)nc34)nc(N(C)[C@@H]3CCCO3)n2)CC1. The molecule has 214 valence electrons. The van der Waals surface area contributed by atoms with Crippen molar-refractivity contribution in [2.45, 2.75) is 32.0 Å². The minimum Gasteiger partial charge on any atom is -0.436 e. The number of hydrogen-bond donors (Lipinski definition) is 2. The summed E-state index contributed by atoms with van der Waals surface area (Å²) in [4.78, 5) is 35.1. The molecular weight excluding hydrogens is 527 g/mol. The van der Waals surface area contributed by atoms with Crippen molar-refractivity contribution >= 4 is 28.6 Å². The van der Waals surface area contributed by atoms with E-state index in [1.165, 1.54) is 12.1 Å². The maximum atomic E-state index is 13.4. The van der Waals surface area contributed by atoms with Crippen molar-refractivity contribution in [2.75, 3.05) is 55.4 Å². The van der Waals surface area contributed by atoms with Gasteiger partial charge in [0.15, 0.2) is 11.6 Å². The molecule has 2 saturated heterocycles. The second-order valence-corrected chi connectivity index (χ2v) is 10.4. The van der Waals surface area contributed by atoms with Crippen molar-refractivity contribution in [3.63, 3.8) is 0 Å². The van der Waals surface area contributed by atoms with Gasteiger partial charge in [0, 0.05) is 51.9 Å². The number of nitrogens with one attached hydrogen (secondary N) is 1. The third kappa shape index (κ3) is 5.66. The van der Waals surface area contributed by atoms with Crippen molar-refractivity contribution in [3.05, 3.63) is 70.3 Å². The lowest BCUT2D eigenvalue weighted by molar-refractivity contribution is 0.110. The number of H-pyrrole nitrogens is 1. The van der Waals surface area contributed by atoms with Crippen molar-refractivity contribution in [2.24, 2.45) is 0 Å². The van der Waals surface area contributed by atoms with Crippen LogP contribution >= 0.6 is 0 Å². The number of para-hydroxylation sites is 1. The zero-order valence-corrected chi connectivity index (χ0v) is 23.1. The van der Waals surface area contributed by atoms with Gasteiger partial charge in [-0.2, -0.15) is 9.97 Å². The molecule has 0 saturated carbocycles. The van der Waals surface area contributed by atoms with E-state index in [-0.39, 0.29) is 23.9 Å². The molecule has 0 bridgehead atoms. The highest BCUT2D eigenvalue weighted by atomic mass is 19.1. The number of rotatable bonds is 7. The number of halogens is 1. The number of benzene rings is 2. The zero-order chi connectivity index (χ0) is 28.5. The lowest BCUT2D eigenvalue weighted by atomic mass is 10.1. The second kappa shape index (κ2) is 11.3. The number of nitrogens with zero attached hydrogens (tertiary/aromatic N) is 6. The molecule has 0 aliphatic carbocycles. The molecule has 12 heteroatoms. The predicted octanol–water partition coefficient (Wildman–Crippen LogP) is 3.68. The van der Waals surface area contributed by atoms with E-state index in [0.29, 0.717) is 35.2 Å². The molecule has 3 N–H and O–H groups in total. The van der Waals surface area contributed by atoms with E-state index < -0.39 is 5.56 Å². The van der Waals surface area contributed by atoms with Crippen LogP contribution < -0.4 is 25.8 Å². The molecule has 0 radical (unpaired) electrons. The first-order valence-corrected chi connectivity index (χ1v) is 13.8. The fourth-order valence-corrected chi connectivity index (χ4v) is 5.35. The minimum atomic E-state index is -0.452. The van der Waals surface area contributed by atoms with Crippen LogP contribution in [0.5, 0.6) is 11.6 Å². The summed E-state index contributed by atoms with van der Waals surface area (Å²) in [5, 5.41) is 0. The Kier molecular flexibility index (Phi) is 7.41. The normalized spacial score (nSPS) is 18.5. The quantitative estimate of drug-likeness (QED) is 0.346. The number of ether oxygens (including phenoxy) is 2. The van der Waals surface area contributed by atoms with E-state index in [1.807, 2.05) is 30.1 Å². The largest absolute Gasteiger partial charge is 0.436 e. The van der Waals surface area contributed by atoms with E-state index >= 15 is 0 Å². The van der Waals surface area contributed by atoms with Gasteiger partial charge in [-0.3, -0.25) is 9.69 Å². The van der Waals surface area contributed by atoms with Crippen molar-refractivity contribution in [1.82, 2.24) is 24.8 Å². The van der Waals surface area contributed by atoms with Gasteiger partial charge in [-0.25, -0.2) is 9.37 Å². The van der Waals surface area contributed by atoms with E-state index in [1.54, 1.807) is 18.2 Å². The average molecular weight is 561 g/mol.